The van der Waals surface area contributed by atoms with Crippen molar-refractivity contribution in [3.63, 3.8) is 0 Å². The number of nitrogens with one attached hydrogen (secondary N) is 4. The molecule has 2 rings (SSSR count). The first-order chi connectivity index (χ1) is 16.1. The first-order valence-corrected chi connectivity index (χ1v) is 11.9. The van der Waals surface area contributed by atoms with Crippen molar-refractivity contribution in [2.24, 2.45) is 0 Å². The normalized spacial score (nSPS) is 22.8. The molecule has 4 N–H and O–H groups in total. The minimum atomic E-state index is -1.01. The number of ether oxygens (including phenoxy) is 1. The van der Waals surface area contributed by atoms with Crippen molar-refractivity contribution in [1.82, 2.24) is 21.3 Å². The largest absolute Gasteiger partial charge is 0.459 e. The fraction of sp³-hybridized carbons (Fsp3) is 0.600. The lowest BCUT2D eigenvalue weighted by atomic mass is 10.0. The fourth-order valence-electron chi connectivity index (χ4n) is 3.75. The number of amides is 3. The molecule has 0 unspecified atom stereocenters. The summed E-state index contributed by atoms with van der Waals surface area (Å²) in [5, 5.41) is 11.3. The highest BCUT2D eigenvalue weighted by Crippen LogP contribution is 2.13. The standard InChI is InChI=1S/C25H38N4O5/c1-25(2,3)34-24(33)20-16-21(30)27-15-9-8-12-18(22(31)26-4)29-23(32)19(28-20)14-13-17-10-6-5-7-11-17/h5-7,10-11,18-20,28H,8-9,12-16H2,1-4H3,(H,26,31)(H,27,30)(H,29,32)/t18-,19-,20+/m0/s1. The SMILES string of the molecule is CNC(=O)[C@@H]1CCCCNC(=O)C[C@H](C(=O)OC(C)(C)C)N[C@@H](CCc2ccccc2)C(=O)N1. The van der Waals surface area contributed by atoms with E-state index in [1.807, 2.05) is 30.3 Å². The minimum absolute atomic E-state index is 0.150. The van der Waals surface area contributed by atoms with E-state index in [0.29, 0.717) is 38.6 Å². The molecule has 1 aromatic rings. The predicted octanol–water partition coefficient (Wildman–Crippen LogP) is 1.21. The Morgan fingerprint density at radius 2 is 1.79 bits per heavy atom. The third-order valence-electron chi connectivity index (χ3n) is 5.49. The number of likely N-dealkylation sites (N-methyl/N-ethyl adjacent to an activating group) is 1. The van der Waals surface area contributed by atoms with E-state index in [1.165, 1.54) is 7.05 Å². The number of rotatable bonds is 5. The number of aryl methyl sites for hydroxylation is 1. The molecule has 188 valence electrons. The van der Waals surface area contributed by atoms with Crippen molar-refractivity contribution in [3.8, 4) is 0 Å². The van der Waals surface area contributed by atoms with Crippen molar-refractivity contribution in [2.75, 3.05) is 13.6 Å². The van der Waals surface area contributed by atoms with Crippen LogP contribution in [0.2, 0.25) is 0 Å². The minimum Gasteiger partial charge on any atom is -0.459 e. The fourth-order valence-corrected chi connectivity index (χ4v) is 3.75. The van der Waals surface area contributed by atoms with Gasteiger partial charge in [-0.25, -0.2) is 0 Å². The highest BCUT2D eigenvalue weighted by atomic mass is 16.6. The molecule has 3 atom stereocenters. The lowest BCUT2D eigenvalue weighted by Crippen LogP contribution is -2.56. The second kappa shape index (κ2) is 13.1. The van der Waals surface area contributed by atoms with Crippen LogP contribution in [0, 0.1) is 0 Å². The Labute approximate surface area is 201 Å². The lowest BCUT2D eigenvalue weighted by molar-refractivity contribution is -0.159. The average Bonchev–Trinajstić information content (AvgIpc) is 2.79. The van der Waals surface area contributed by atoms with Gasteiger partial charge in [-0.05, 0) is 58.4 Å². The van der Waals surface area contributed by atoms with Crippen molar-refractivity contribution >= 4 is 23.7 Å². The number of hydrogen-bond acceptors (Lipinski definition) is 6. The Kier molecular flexibility index (Phi) is 10.5. The van der Waals surface area contributed by atoms with Gasteiger partial charge < -0.3 is 20.7 Å². The molecule has 1 aliphatic rings. The number of benzene rings is 1. The van der Waals surface area contributed by atoms with Crippen LogP contribution < -0.4 is 21.3 Å². The molecule has 1 saturated heterocycles. The van der Waals surface area contributed by atoms with Gasteiger partial charge in [-0.15, -0.1) is 0 Å². The summed E-state index contributed by atoms with van der Waals surface area (Å²) < 4.78 is 5.52. The second-order valence-corrected chi connectivity index (χ2v) is 9.55. The van der Waals surface area contributed by atoms with Gasteiger partial charge in [0.1, 0.15) is 17.7 Å². The predicted molar refractivity (Wildman–Crippen MR) is 129 cm³/mol. The third kappa shape index (κ3) is 9.51. The Balaban J connectivity index is 2.30. The zero-order valence-electron chi connectivity index (χ0n) is 20.6. The Hall–Kier alpha value is -2.94. The average molecular weight is 475 g/mol. The van der Waals surface area contributed by atoms with Crippen LogP contribution in [0.25, 0.3) is 0 Å². The number of carbonyl (C=O) groups excluding carboxylic acids is 4. The summed E-state index contributed by atoms with van der Waals surface area (Å²) in [7, 11) is 1.53. The molecule has 1 heterocycles. The van der Waals surface area contributed by atoms with E-state index >= 15 is 0 Å². The molecule has 9 nitrogen and oxygen atoms in total. The molecule has 1 aliphatic heterocycles. The van der Waals surface area contributed by atoms with Crippen molar-refractivity contribution in [2.45, 2.75) is 83.0 Å². The summed E-state index contributed by atoms with van der Waals surface area (Å²) in [4.78, 5) is 51.1. The van der Waals surface area contributed by atoms with Crippen LogP contribution in [-0.2, 0) is 30.3 Å². The molecule has 0 bridgehead atoms. The van der Waals surface area contributed by atoms with Gasteiger partial charge in [0.05, 0.1) is 12.5 Å². The van der Waals surface area contributed by atoms with Gasteiger partial charge in [0.15, 0.2) is 0 Å². The van der Waals surface area contributed by atoms with Crippen LogP contribution in [0.4, 0.5) is 0 Å². The van der Waals surface area contributed by atoms with Crippen LogP contribution in [0.15, 0.2) is 30.3 Å². The molecule has 0 spiro atoms. The van der Waals surface area contributed by atoms with Crippen LogP contribution in [0.5, 0.6) is 0 Å². The maximum Gasteiger partial charge on any atom is 0.324 e. The zero-order chi connectivity index (χ0) is 25.1. The molecule has 0 radical (unpaired) electrons. The van der Waals surface area contributed by atoms with E-state index < -0.39 is 35.6 Å². The van der Waals surface area contributed by atoms with Crippen molar-refractivity contribution in [3.05, 3.63) is 35.9 Å². The lowest BCUT2D eigenvalue weighted by Gasteiger charge is -2.28. The summed E-state index contributed by atoms with van der Waals surface area (Å²) in [6.07, 6.45) is 2.54. The first-order valence-electron chi connectivity index (χ1n) is 11.9. The zero-order valence-corrected chi connectivity index (χ0v) is 20.6. The number of esters is 1. The number of carbonyl (C=O) groups is 4. The maximum atomic E-state index is 13.3. The second-order valence-electron chi connectivity index (χ2n) is 9.55. The van der Waals surface area contributed by atoms with Crippen molar-refractivity contribution < 1.29 is 23.9 Å². The molecule has 1 fully saturated rings. The van der Waals surface area contributed by atoms with E-state index in [0.717, 1.165) is 5.56 Å². The highest BCUT2D eigenvalue weighted by molar-refractivity contribution is 5.91. The van der Waals surface area contributed by atoms with E-state index in [9.17, 15) is 19.2 Å². The monoisotopic (exact) mass is 474 g/mol. The maximum absolute atomic E-state index is 13.3. The summed E-state index contributed by atoms with van der Waals surface area (Å²) in [5.74, 6) is -1.57. The Bertz CT molecular complexity index is 837. The molecule has 1 aromatic carbocycles. The van der Waals surface area contributed by atoms with Gasteiger partial charge in [0.2, 0.25) is 17.7 Å². The molecular formula is C25H38N4O5. The van der Waals surface area contributed by atoms with E-state index in [-0.39, 0.29) is 18.2 Å². The molecule has 0 aliphatic carbocycles. The van der Waals surface area contributed by atoms with E-state index in [2.05, 4.69) is 21.3 Å². The van der Waals surface area contributed by atoms with Gasteiger partial charge in [0.25, 0.3) is 0 Å². The van der Waals surface area contributed by atoms with Gasteiger partial charge in [0, 0.05) is 13.6 Å². The summed E-state index contributed by atoms with van der Waals surface area (Å²) in [5.41, 5.74) is 0.289. The van der Waals surface area contributed by atoms with E-state index in [1.54, 1.807) is 20.8 Å². The topological polar surface area (TPSA) is 126 Å². The molecule has 34 heavy (non-hydrogen) atoms. The summed E-state index contributed by atoms with van der Waals surface area (Å²) >= 11 is 0. The van der Waals surface area contributed by atoms with E-state index in [4.69, 9.17) is 4.74 Å². The first kappa shape index (κ1) is 27.3. The quantitative estimate of drug-likeness (QED) is 0.476. The van der Waals surface area contributed by atoms with Crippen LogP contribution in [0.1, 0.15) is 58.4 Å². The molecule has 3 amide bonds. The third-order valence-corrected chi connectivity index (χ3v) is 5.49. The van der Waals surface area contributed by atoms with Gasteiger partial charge >= 0.3 is 5.97 Å². The molecule has 0 saturated carbocycles. The van der Waals surface area contributed by atoms with Gasteiger partial charge in [-0.3, -0.25) is 24.5 Å². The summed E-state index contributed by atoms with van der Waals surface area (Å²) in [6.45, 7) is 5.67. The van der Waals surface area contributed by atoms with Gasteiger partial charge in [-0.2, -0.15) is 0 Å². The van der Waals surface area contributed by atoms with Crippen LogP contribution in [0.3, 0.4) is 0 Å². The smallest absolute Gasteiger partial charge is 0.324 e. The van der Waals surface area contributed by atoms with Gasteiger partial charge in [-0.1, -0.05) is 30.3 Å². The highest BCUT2D eigenvalue weighted by Gasteiger charge is 2.33. The van der Waals surface area contributed by atoms with Crippen molar-refractivity contribution in [1.29, 1.82) is 0 Å². The van der Waals surface area contributed by atoms with Crippen LogP contribution in [-0.4, -0.2) is 61.0 Å². The molecular weight excluding hydrogens is 436 g/mol. The molecule has 9 heteroatoms. The summed E-state index contributed by atoms with van der Waals surface area (Å²) in [6, 6.07) is 7.16. The molecule has 0 aromatic heterocycles. The Morgan fingerprint density at radius 1 is 1.09 bits per heavy atom. The number of hydrogen-bond donors (Lipinski definition) is 4. The Morgan fingerprint density at radius 3 is 2.44 bits per heavy atom. The van der Waals surface area contributed by atoms with Crippen LogP contribution >= 0.6 is 0 Å².